The number of aromatic nitrogens is 1. The first-order valence-corrected chi connectivity index (χ1v) is 6.98. The van der Waals surface area contributed by atoms with Crippen molar-refractivity contribution in [1.29, 1.82) is 0 Å². The molecule has 2 N–H and O–H groups in total. The van der Waals surface area contributed by atoms with Gasteiger partial charge in [0, 0.05) is 12.6 Å². The van der Waals surface area contributed by atoms with Gasteiger partial charge in [-0.25, -0.2) is 0 Å². The van der Waals surface area contributed by atoms with Crippen molar-refractivity contribution >= 4 is 5.91 Å². The van der Waals surface area contributed by atoms with E-state index in [4.69, 9.17) is 10.3 Å². The third-order valence-electron chi connectivity index (χ3n) is 3.55. The van der Waals surface area contributed by atoms with E-state index in [1.54, 1.807) is 0 Å². The fourth-order valence-corrected chi connectivity index (χ4v) is 2.69. The molecule has 0 bridgehead atoms. The van der Waals surface area contributed by atoms with Crippen LogP contribution >= 0.6 is 0 Å². The molecule has 1 fully saturated rings. The van der Waals surface area contributed by atoms with E-state index in [2.05, 4.69) is 19.0 Å². The third kappa shape index (κ3) is 3.15. The molecule has 1 aromatic heterocycles. The molecule has 0 saturated carbocycles. The van der Waals surface area contributed by atoms with E-state index in [0.717, 1.165) is 37.3 Å². The highest BCUT2D eigenvalue weighted by atomic mass is 16.5. The minimum atomic E-state index is -0.412. The lowest BCUT2D eigenvalue weighted by molar-refractivity contribution is -0.134. The summed E-state index contributed by atoms with van der Waals surface area (Å²) in [6.07, 6.45) is 2.64. The zero-order chi connectivity index (χ0) is 14.0. The van der Waals surface area contributed by atoms with Crippen LogP contribution in [0.2, 0.25) is 0 Å². The number of likely N-dealkylation sites (tertiary alicyclic amines) is 1. The van der Waals surface area contributed by atoms with Gasteiger partial charge in [0.25, 0.3) is 0 Å². The highest BCUT2D eigenvalue weighted by molar-refractivity contribution is 5.82. The zero-order valence-corrected chi connectivity index (χ0v) is 11.9. The van der Waals surface area contributed by atoms with Crippen LogP contribution < -0.4 is 5.73 Å². The predicted octanol–water partition coefficient (Wildman–Crippen LogP) is 2.02. The lowest BCUT2D eigenvalue weighted by atomic mass is 10.0. The second-order valence-corrected chi connectivity index (χ2v) is 5.80. The first-order valence-electron chi connectivity index (χ1n) is 6.98. The minimum Gasteiger partial charge on any atom is -0.359 e. The SMILES string of the molecule is Cc1cc(C2CCCN2C(=O)C(N)CC(C)C)on1. The van der Waals surface area contributed by atoms with E-state index >= 15 is 0 Å². The van der Waals surface area contributed by atoms with Crippen molar-refractivity contribution < 1.29 is 9.32 Å². The van der Waals surface area contributed by atoms with E-state index in [0.29, 0.717) is 5.92 Å². The van der Waals surface area contributed by atoms with Crippen molar-refractivity contribution in [3.05, 3.63) is 17.5 Å². The van der Waals surface area contributed by atoms with Gasteiger partial charge in [-0.1, -0.05) is 19.0 Å². The maximum Gasteiger partial charge on any atom is 0.240 e. The molecule has 2 rings (SSSR count). The summed E-state index contributed by atoms with van der Waals surface area (Å²) >= 11 is 0. The second kappa shape index (κ2) is 5.74. The number of carbonyl (C=O) groups excluding carboxylic acids is 1. The summed E-state index contributed by atoms with van der Waals surface area (Å²) in [5.74, 6) is 1.23. The summed E-state index contributed by atoms with van der Waals surface area (Å²) in [5, 5.41) is 3.90. The van der Waals surface area contributed by atoms with Crippen LogP contribution in [0.5, 0.6) is 0 Å². The monoisotopic (exact) mass is 265 g/mol. The first-order chi connectivity index (χ1) is 8.99. The molecule has 0 aromatic carbocycles. The van der Waals surface area contributed by atoms with Crippen LogP contribution in [0.15, 0.2) is 10.6 Å². The summed E-state index contributed by atoms with van der Waals surface area (Å²) in [5.41, 5.74) is 6.85. The van der Waals surface area contributed by atoms with Crippen LogP contribution in [0.25, 0.3) is 0 Å². The Morgan fingerprint density at radius 2 is 2.37 bits per heavy atom. The van der Waals surface area contributed by atoms with Crippen molar-refractivity contribution in [3.63, 3.8) is 0 Å². The molecule has 0 aliphatic carbocycles. The number of hydrogen-bond donors (Lipinski definition) is 1. The van der Waals surface area contributed by atoms with Gasteiger partial charge < -0.3 is 15.2 Å². The van der Waals surface area contributed by atoms with Gasteiger partial charge in [0.15, 0.2) is 5.76 Å². The lowest BCUT2D eigenvalue weighted by Gasteiger charge is -2.26. The Bertz CT molecular complexity index is 442. The van der Waals surface area contributed by atoms with Crippen molar-refractivity contribution in [3.8, 4) is 0 Å². The van der Waals surface area contributed by atoms with Crippen LogP contribution in [-0.2, 0) is 4.79 Å². The van der Waals surface area contributed by atoms with Gasteiger partial charge in [-0.2, -0.15) is 0 Å². The fraction of sp³-hybridized carbons (Fsp3) is 0.714. The summed E-state index contributed by atoms with van der Waals surface area (Å²) < 4.78 is 5.30. The predicted molar refractivity (Wildman–Crippen MR) is 72.4 cm³/mol. The largest absolute Gasteiger partial charge is 0.359 e. The molecule has 1 aliphatic heterocycles. The molecule has 1 aromatic rings. The molecule has 1 aliphatic rings. The number of hydrogen-bond acceptors (Lipinski definition) is 4. The van der Waals surface area contributed by atoms with Gasteiger partial charge in [-0.3, -0.25) is 4.79 Å². The summed E-state index contributed by atoms with van der Waals surface area (Å²) in [6, 6.07) is 1.50. The van der Waals surface area contributed by atoms with Gasteiger partial charge in [0.05, 0.1) is 17.8 Å². The molecule has 19 heavy (non-hydrogen) atoms. The van der Waals surface area contributed by atoms with Crippen molar-refractivity contribution in [1.82, 2.24) is 10.1 Å². The highest BCUT2D eigenvalue weighted by Gasteiger charge is 2.34. The van der Waals surface area contributed by atoms with Crippen LogP contribution in [0, 0.1) is 12.8 Å². The van der Waals surface area contributed by atoms with Crippen LogP contribution in [-0.4, -0.2) is 28.6 Å². The van der Waals surface area contributed by atoms with Crippen molar-refractivity contribution in [2.24, 2.45) is 11.7 Å². The number of nitrogens with two attached hydrogens (primary N) is 1. The van der Waals surface area contributed by atoms with Crippen molar-refractivity contribution in [2.45, 2.75) is 52.1 Å². The van der Waals surface area contributed by atoms with E-state index in [1.807, 2.05) is 17.9 Å². The third-order valence-corrected chi connectivity index (χ3v) is 3.55. The minimum absolute atomic E-state index is 0.00640. The van der Waals surface area contributed by atoms with Gasteiger partial charge in [-0.05, 0) is 32.1 Å². The number of amides is 1. The Hall–Kier alpha value is -1.36. The van der Waals surface area contributed by atoms with E-state index in [-0.39, 0.29) is 11.9 Å². The number of aryl methyl sites for hydroxylation is 1. The molecule has 106 valence electrons. The lowest BCUT2D eigenvalue weighted by Crippen LogP contribution is -2.44. The van der Waals surface area contributed by atoms with Crippen LogP contribution in [0.1, 0.15) is 50.6 Å². The molecule has 5 heteroatoms. The standard InChI is InChI=1S/C14H23N3O2/c1-9(2)7-11(15)14(18)17-6-4-5-12(17)13-8-10(3)16-19-13/h8-9,11-12H,4-7,15H2,1-3H3. The molecule has 2 heterocycles. The number of carbonyl (C=O) groups is 1. The van der Waals surface area contributed by atoms with E-state index < -0.39 is 6.04 Å². The molecule has 5 nitrogen and oxygen atoms in total. The number of rotatable bonds is 4. The summed E-state index contributed by atoms with van der Waals surface area (Å²) in [4.78, 5) is 14.3. The van der Waals surface area contributed by atoms with E-state index in [9.17, 15) is 4.79 Å². The Labute approximate surface area is 114 Å². The molecule has 0 spiro atoms. The van der Waals surface area contributed by atoms with Gasteiger partial charge in [0.1, 0.15) is 0 Å². The Balaban J connectivity index is 2.08. The molecule has 0 radical (unpaired) electrons. The molecular weight excluding hydrogens is 242 g/mol. The quantitative estimate of drug-likeness (QED) is 0.904. The molecular formula is C14H23N3O2. The molecule has 1 amide bonds. The molecule has 2 unspecified atom stereocenters. The Morgan fingerprint density at radius 3 is 2.95 bits per heavy atom. The van der Waals surface area contributed by atoms with Gasteiger partial charge >= 0.3 is 0 Å². The Kier molecular flexibility index (Phi) is 4.24. The first kappa shape index (κ1) is 14.1. The topological polar surface area (TPSA) is 72.4 Å². The fourth-order valence-electron chi connectivity index (χ4n) is 2.69. The maximum absolute atomic E-state index is 12.4. The second-order valence-electron chi connectivity index (χ2n) is 5.80. The van der Waals surface area contributed by atoms with Crippen molar-refractivity contribution in [2.75, 3.05) is 6.54 Å². The zero-order valence-electron chi connectivity index (χ0n) is 11.9. The summed E-state index contributed by atoms with van der Waals surface area (Å²) in [6.45, 7) is 6.80. The van der Waals surface area contributed by atoms with Gasteiger partial charge in [-0.15, -0.1) is 0 Å². The highest BCUT2D eigenvalue weighted by Crippen LogP contribution is 2.32. The van der Waals surface area contributed by atoms with Crippen LogP contribution in [0.3, 0.4) is 0 Å². The maximum atomic E-state index is 12.4. The smallest absolute Gasteiger partial charge is 0.240 e. The van der Waals surface area contributed by atoms with E-state index in [1.165, 1.54) is 0 Å². The van der Waals surface area contributed by atoms with Gasteiger partial charge in [0.2, 0.25) is 5.91 Å². The van der Waals surface area contributed by atoms with Crippen LogP contribution in [0.4, 0.5) is 0 Å². The average Bonchev–Trinajstić information content (AvgIpc) is 2.94. The molecule has 2 atom stereocenters. The Morgan fingerprint density at radius 1 is 1.63 bits per heavy atom. The normalized spacial score (nSPS) is 21.1. The summed E-state index contributed by atoms with van der Waals surface area (Å²) in [7, 11) is 0. The average molecular weight is 265 g/mol. The number of nitrogens with zero attached hydrogens (tertiary/aromatic N) is 2. The molecule has 1 saturated heterocycles.